The number of hydrogen-bond donors (Lipinski definition) is 4. The second-order valence-corrected chi connectivity index (χ2v) is 6.07. The Labute approximate surface area is 146 Å². The Kier molecular flexibility index (Phi) is 7.21. The molecule has 2 rings (SSSR count). The van der Waals surface area contributed by atoms with Gasteiger partial charge >= 0.3 is 6.09 Å². The molecule has 0 radical (unpaired) electrons. The lowest BCUT2D eigenvalue weighted by atomic mass is 10.1. The second-order valence-electron chi connectivity index (χ2n) is 6.07. The van der Waals surface area contributed by atoms with Crippen molar-refractivity contribution in [3.8, 4) is 0 Å². The third-order valence-corrected chi connectivity index (χ3v) is 3.80. The number of ether oxygens (including phenoxy) is 1. The molecule has 1 aliphatic carbocycles. The van der Waals surface area contributed by atoms with Crippen LogP contribution >= 0.6 is 0 Å². The molecule has 25 heavy (non-hydrogen) atoms. The number of alkyl carbamates (subject to hydrolysis) is 1. The summed E-state index contributed by atoms with van der Waals surface area (Å²) in [7, 11) is 0. The number of nitrogens with one attached hydrogen (secondary N) is 3. The first kappa shape index (κ1) is 18.7. The molecule has 0 bridgehead atoms. The van der Waals surface area contributed by atoms with E-state index in [-0.39, 0.29) is 25.5 Å². The number of nitrogens with two attached hydrogens (primary N) is 1. The topological polar surface area (TPSA) is 123 Å². The highest BCUT2D eigenvalue weighted by Gasteiger charge is 2.30. The molecule has 8 heteroatoms. The Bertz CT molecular complexity index is 590. The van der Waals surface area contributed by atoms with Gasteiger partial charge in [-0.25, -0.2) is 10.2 Å². The Morgan fingerprint density at radius 3 is 2.56 bits per heavy atom. The van der Waals surface area contributed by atoms with Crippen LogP contribution in [0.2, 0.25) is 0 Å². The van der Waals surface area contributed by atoms with Gasteiger partial charge in [-0.15, -0.1) is 0 Å². The summed E-state index contributed by atoms with van der Waals surface area (Å²) >= 11 is 0. The van der Waals surface area contributed by atoms with Crippen molar-refractivity contribution in [1.82, 2.24) is 16.2 Å². The van der Waals surface area contributed by atoms with Crippen molar-refractivity contribution < 1.29 is 19.1 Å². The minimum Gasteiger partial charge on any atom is -0.445 e. The summed E-state index contributed by atoms with van der Waals surface area (Å²) in [4.78, 5) is 34.8. The van der Waals surface area contributed by atoms with E-state index in [1.807, 2.05) is 30.3 Å². The van der Waals surface area contributed by atoms with Crippen LogP contribution in [0.1, 0.15) is 31.2 Å². The van der Waals surface area contributed by atoms with E-state index >= 15 is 0 Å². The molecule has 1 fully saturated rings. The van der Waals surface area contributed by atoms with E-state index in [4.69, 9.17) is 10.5 Å². The molecule has 0 heterocycles. The maximum Gasteiger partial charge on any atom is 0.408 e. The van der Waals surface area contributed by atoms with Crippen molar-refractivity contribution in [2.45, 2.75) is 38.3 Å². The maximum atomic E-state index is 12.2. The fraction of sp³-hybridized carbons (Fsp3) is 0.471. The number of carbonyl (C=O) groups excluding carboxylic acids is 3. The van der Waals surface area contributed by atoms with Crippen molar-refractivity contribution in [2.75, 3.05) is 6.54 Å². The van der Waals surface area contributed by atoms with Gasteiger partial charge in [0.1, 0.15) is 12.6 Å². The zero-order valence-corrected chi connectivity index (χ0v) is 14.0. The SMILES string of the molecule is NC(=O)CCNNC(=O)C(CC1CC1)NC(=O)OCc1ccccc1. The van der Waals surface area contributed by atoms with Crippen LogP contribution in [0.5, 0.6) is 0 Å². The summed E-state index contributed by atoms with van der Waals surface area (Å²) in [6.07, 6.45) is 2.14. The number of amides is 3. The smallest absolute Gasteiger partial charge is 0.408 e. The van der Waals surface area contributed by atoms with Crippen LogP contribution in [0.25, 0.3) is 0 Å². The van der Waals surface area contributed by atoms with Crippen LogP contribution < -0.4 is 21.9 Å². The fourth-order valence-electron chi connectivity index (χ4n) is 2.25. The lowest BCUT2D eigenvalue weighted by Crippen LogP contribution is -2.51. The highest BCUT2D eigenvalue weighted by atomic mass is 16.5. The van der Waals surface area contributed by atoms with Crippen molar-refractivity contribution in [2.24, 2.45) is 11.7 Å². The predicted molar refractivity (Wildman–Crippen MR) is 90.8 cm³/mol. The largest absolute Gasteiger partial charge is 0.445 e. The Morgan fingerprint density at radius 2 is 1.92 bits per heavy atom. The number of primary amides is 1. The number of hydrogen-bond acceptors (Lipinski definition) is 5. The quantitative estimate of drug-likeness (QED) is 0.364. The number of carbonyl (C=O) groups is 3. The van der Waals surface area contributed by atoms with Gasteiger partial charge in [-0.3, -0.25) is 15.0 Å². The minimum atomic E-state index is -0.683. The fourth-order valence-corrected chi connectivity index (χ4v) is 2.25. The Hall–Kier alpha value is -2.61. The first-order valence-electron chi connectivity index (χ1n) is 8.33. The number of hydrazine groups is 1. The minimum absolute atomic E-state index is 0.111. The van der Waals surface area contributed by atoms with Crippen LogP contribution in [0.4, 0.5) is 4.79 Å². The number of rotatable bonds is 10. The maximum absolute atomic E-state index is 12.2. The van der Waals surface area contributed by atoms with Gasteiger partial charge in [0.25, 0.3) is 5.91 Å². The third kappa shape index (κ3) is 7.67. The summed E-state index contributed by atoms with van der Waals surface area (Å²) in [5, 5.41) is 2.60. The Balaban J connectivity index is 1.76. The zero-order valence-electron chi connectivity index (χ0n) is 14.0. The van der Waals surface area contributed by atoms with Crippen molar-refractivity contribution in [1.29, 1.82) is 0 Å². The number of benzene rings is 1. The van der Waals surface area contributed by atoms with Gasteiger partial charge in [-0.2, -0.15) is 0 Å². The molecule has 1 saturated carbocycles. The summed E-state index contributed by atoms with van der Waals surface area (Å²) in [6, 6.07) is 8.62. The molecule has 0 saturated heterocycles. The van der Waals surface area contributed by atoms with Gasteiger partial charge in [-0.05, 0) is 17.9 Å². The van der Waals surface area contributed by atoms with Crippen LogP contribution in [-0.2, 0) is 20.9 Å². The summed E-state index contributed by atoms with van der Waals surface area (Å²) < 4.78 is 5.16. The molecule has 0 spiro atoms. The van der Waals surface area contributed by atoms with Gasteiger partial charge in [0, 0.05) is 13.0 Å². The molecule has 0 aliphatic heterocycles. The monoisotopic (exact) mass is 348 g/mol. The van der Waals surface area contributed by atoms with E-state index < -0.39 is 18.0 Å². The molecular formula is C17H24N4O4. The van der Waals surface area contributed by atoms with E-state index in [9.17, 15) is 14.4 Å². The predicted octanol–water partition coefficient (Wildman–Crippen LogP) is 0.578. The summed E-state index contributed by atoms with van der Waals surface area (Å²) in [5.41, 5.74) is 11.0. The molecule has 8 nitrogen and oxygen atoms in total. The third-order valence-electron chi connectivity index (χ3n) is 3.80. The zero-order chi connectivity index (χ0) is 18.1. The van der Waals surface area contributed by atoms with Gasteiger partial charge in [0.05, 0.1) is 0 Å². The van der Waals surface area contributed by atoms with Crippen LogP contribution in [-0.4, -0.2) is 30.5 Å². The van der Waals surface area contributed by atoms with E-state index in [1.165, 1.54) is 0 Å². The second kappa shape index (κ2) is 9.63. The van der Waals surface area contributed by atoms with E-state index in [1.54, 1.807) is 0 Å². The molecule has 3 amide bonds. The standard InChI is InChI=1S/C17H24N4O4/c18-15(22)8-9-19-21-16(23)14(10-12-6-7-12)20-17(24)25-11-13-4-2-1-3-5-13/h1-5,12,14,19H,6-11H2,(H2,18,22)(H,20,24)(H,21,23). The van der Waals surface area contributed by atoms with Gasteiger partial charge < -0.3 is 15.8 Å². The Morgan fingerprint density at radius 1 is 1.20 bits per heavy atom. The summed E-state index contributed by atoms with van der Waals surface area (Å²) in [5.74, 6) is -0.386. The van der Waals surface area contributed by atoms with Crippen LogP contribution in [0, 0.1) is 5.92 Å². The molecule has 1 unspecified atom stereocenters. The van der Waals surface area contributed by atoms with Crippen molar-refractivity contribution in [3.05, 3.63) is 35.9 Å². The van der Waals surface area contributed by atoms with E-state index in [0.29, 0.717) is 12.3 Å². The van der Waals surface area contributed by atoms with Crippen LogP contribution in [0.3, 0.4) is 0 Å². The van der Waals surface area contributed by atoms with Crippen molar-refractivity contribution in [3.63, 3.8) is 0 Å². The average molecular weight is 348 g/mol. The molecule has 0 aromatic heterocycles. The van der Waals surface area contributed by atoms with Gasteiger partial charge in [-0.1, -0.05) is 43.2 Å². The molecule has 5 N–H and O–H groups in total. The average Bonchev–Trinajstić information content (AvgIpc) is 3.41. The first-order valence-corrected chi connectivity index (χ1v) is 8.33. The molecular weight excluding hydrogens is 324 g/mol. The van der Waals surface area contributed by atoms with Gasteiger partial charge in [0.2, 0.25) is 5.91 Å². The lowest BCUT2D eigenvalue weighted by molar-refractivity contribution is -0.124. The molecule has 1 aromatic carbocycles. The first-order chi connectivity index (χ1) is 12.0. The van der Waals surface area contributed by atoms with E-state index in [0.717, 1.165) is 18.4 Å². The van der Waals surface area contributed by atoms with E-state index in [2.05, 4.69) is 16.2 Å². The van der Waals surface area contributed by atoms with Crippen LogP contribution in [0.15, 0.2) is 30.3 Å². The molecule has 1 aromatic rings. The normalized spacial score (nSPS) is 14.4. The summed E-state index contributed by atoms with van der Waals surface area (Å²) in [6.45, 7) is 0.372. The lowest BCUT2D eigenvalue weighted by Gasteiger charge is -2.18. The van der Waals surface area contributed by atoms with Gasteiger partial charge in [0.15, 0.2) is 0 Å². The highest BCUT2D eigenvalue weighted by Crippen LogP contribution is 2.33. The molecule has 1 aliphatic rings. The molecule has 136 valence electrons. The highest BCUT2D eigenvalue weighted by molar-refractivity contribution is 5.85. The molecule has 1 atom stereocenters. The van der Waals surface area contributed by atoms with Crippen molar-refractivity contribution >= 4 is 17.9 Å².